The average molecular weight is 287 g/mol. The molecule has 1 aromatic rings. The topological polar surface area (TPSA) is 29.1 Å². The van der Waals surface area contributed by atoms with Crippen molar-refractivity contribution in [2.75, 3.05) is 6.54 Å². The Labute approximate surface area is 102 Å². The Kier molecular flexibility index (Phi) is 4.67. The minimum Gasteiger partial charge on any atom is -0.345 e. The highest BCUT2D eigenvalue weighted by Crippen LogP contribution is 2.22. The van der Waals surface area contributed by atoms with Gasteiger partial charge in [0.1, 0.15) is 0 Å². The number of carbonyl (C=O) groups excluding carboxylic acids is 1. The van der Waals surface area contributed by atoms with Gasteiger partial charge in [0.2, 0.25) is 5.91 Å². The van der Waals surface area contributed by atoms with E-state index in [1.807, 2.05) is 12.1 Å². The molecule has 0 bridgehead atoms. The number of hydrogen-bond acceptors (Lipinski definition) is 1. The van der Waals surface area contributed by atoms with E-state index in [1.165, 1.54) is 6.92 Å². The van der Waals surface area contributed by atoms with Crippen molar-refractivity contribution in [2.45, 2.75) is 6.92 Å². The van der Waals surface area contributed by atoms with E-state index >= 15 is 0 Å². The zero-order valence-electron chi connectivity index (χ0n) is 8.10. The molecule has 0 aliphatic heterocycles. The van der Waals surface area contributed by atoms with Gasteiger partial charge in [0.05, 0.1) is 11.6 Å². The monoisotopic (exact) mass is 285 g/mol. The van der Waals surface area contributed by atoms with Gasteiger partial charge in [-0.25, -0.2) is 0 Å². The lowest BCUT2D eigenvalue weighted by Crippen LogP contribution is -2.19. The van der Waals surface area contributed by atoms with Gasteiger partial charge in [-0.3, -0.25) is 4.79 Å². The third-order valence-corrected chi connectivity index (χ3v) is 2.79. The molecule has 0 aliphatic rings. The molecule has 0 aromatic heterocycles. The summed E-state index contributed by atoms with van der Waals surface area (Å²) in [5.41, 5.74) is 0.858. The number of halogens is 2. The first kappa shape index (κ1) is 12.1. The molecule has 0 saturated heterocycles. The van der Waals surface area contributed by atoms with Gasteiger partial charge in [0.25, 0.3) is 0 Å². The first-order valence-electron chi connectivity index (χ1n) is 4.28. The van der Waals surface area contributed by atoms with Crippen LogP contribution in [0.15, 0.2) is 22.7 Å². The molecular weight excluding hydrogens is 277 g/mol. The van der Waals surface area contributed by atoms with Crippen LogP contribution >= 0.6 is 27.5 Å². The number of nitrogens with one attached hydrogen (secondary N) is 1. The van der Waals surface area contributed by atoms with Crippen LogP contribution in [-0.2, 0) is 4.79 Å². The van der Waals surface area contributed by atoms with Crippen molar-refractivity contribution in [1.29, 1.82) is 0 Å². The minimum absolute atomic E-state index is 0.0819. The van der Waals surface area contributed by atoms with Gasteiger partial charge in [-0.15, -0.1) is 0 Å². The molecule has 15 heavy (non-hydrogen) atoms. The van der Waals surface area contributed by atoms with Crippen LogP contribution in [0.1, 0.15) is 12.5 Å². The summed E-state index contributed by atoms with van der Waals surface area (Å²) in [5.74, 6) is 5.67. The molecule has 0 radical (unpaired) electrons. The van der Waals surface area contributed by atoms with Crippen molar-refractivity contribution in [2.24, 2.45) is 0 Å². The van der Waals surface area contributed by atoms with Crippen molar-refractivity contribution in [3.63, 3.8) is 0 Å². The fourth-order valence-corrected chi connectivity index (χ4v) is 1.39. The number of rotatable bonds is 1. The molecule has 2 nitrogen and oxygen atoms in total. The van der Waals surface area contributed by atoms with Gasteiger partial charge in [-0.1, -0.05) is 23.4 Å². The third-order valence-electron chi connectivity index (χ3n) is 1.58. The maximum absolute atomic E-state index is 10.6. The Morgan fingerprint density at radius 1 is 1.60 bits per heavy atom. The van der Waals surface area contributed by atoms with E-state index in [4.69, 9.17) is 11.6 Å². The Morgan fingerprint density at radius 3 is 2.93 bits per heavy atom. The van der Waals surface area contributed by atoms with Crippen molar-refractivity contribution in [3.8, 4) is 11.8 Å². The van der Waals surface area contributed by atoms with Crippen LogP contribution in [0.3, 0.4) is 0 Å². The van der Waals surface area contributed by atoms with E-state index in [0.717, 1.165) is 10.0 Å². The smallest absolute Gasteiger partial charge is 0.217 e. The summed E-state index contributed by atoms with van der Waals surface area (Å²) in [6, 6.07) is 5.44. The maximum Gasteiger partial charge on any atom is 0.217 e. The van der Waals surface area contributed by atoms with Crippen molar-refractivity contribution in [1.82, 2.24) is 5.32 Å². The molecule has 1 amide bonds. The predicted octanol–water partition coefficient (Wildman–Crippen LogP) is 2.59. The van der Waals surface area contributed by atoms with Crippen LogP contribution in [0.4, 0.5) is 0 Å². The van der Waals surface area contributed by atoms with Gasteiger partial charge >= 0.3 is 0 Å². The number of benzene rings is 1. The lowest BCUT2D eigenvalue weighted by Gasteiger charge is -1.95. The van der Waals surface area contributed by atoms with Crippen LogP contribution in [0.5, 0.6) is 0 Å². The van der Waals surface area contributed by atoms with E-state index < -0.39 is 0 Å². The second-order valence-corrected chi connectivity index (χ2v) is 4.10. The van der Waals surface area contributed by atoms with Crippen LogP contribution in [-0.4, -0.2) is 12.5 Å². The SMILES string of the molecule is CC(=O)NCC#Cc1ccc(Cl)c(Br)c1. The molecule has 0 spiro atoms. The Hall–Kier alpha value is -0.980. The fraction of sp³-hybridized carbons (Fsp3) is 0.182. The van der Waals surface area contributed by atoms with Gasteiger partial charge in [0.15, 0.2) is 0 Å². The summed E-state index contributed by atoms with van der Waals surface area (Å²) in [4.78, 5) is 10.6. The molecule has 0 atom stereocenters. The largest absolute Gasteiger partial charge is 0.345 e. The molecule has 78 valence electrons. The predicted molar refractivity (Wildman–Crippen MR) is 64.7 cm³/mol. The fourth-order valence-electron chi connectivity index (χ4n) is 0.889. The molecule has 0 aliphatic carbocycles. The summed E-state index contributed by atoms with van der Waals surface area (Å²) in [6.07, 6.45) is 0. The first-order valence-corrected chi connectivity index (χ1v) is 5.45. The van der Waals surface area contributed by atoms with Gasteiger partial charge < -0.3 is 5.32 Å². The molecule has 0 saturated carbocycles. The lowest BCUT2D eigenvalue weighted by molar-refractivity contribution is -0.118. The maximum atomic E-state index is 10.6. The van der Waals surface area contributed by atoms with E-state index in [9.17, 15) is 4.79 Å². The highest BCUT2D eigenvalue weighted by Gasteiger charge is 1.95. The summed E-state index contributed by atoms with van der Waals surface area (Å²) < 4.78 is 0.815. The van der Waals surface area contributed by atoms with Crippen molar-refractivity contribution < 1.29 is 4.79 Å². The summed E-state index contributed by atoms with van der Waals surface area (Å²) in [5, 5.41) is 3.25. The summed E-state index contributed by atoms with van der Waals surface area (Å²) in [7, 11) is 0. The van der Waals surface area contributed by atoms with Crippen LogP contribution in [0.2, 0.25) is 5.02 Å². The summed E-state index contributed by atoms with van der Waals surface area (Å²) in [6.45, 7) is 1.82. The molecule has 1 aromatic carbocycles. The Balaban J connectivity index is 2.64. The van der Waals surface area contributed by atoms with Gasteiger partial charge in [-0.2, -0.15) is 0 Å². The van der Waals surface area contributed by atoms with Crippen LogP contribution in [0.25, 0.3) is 0 Å². The molecule has 0 unspecified atom stereocenters. The standard InChI is InChI=1S/C11H9BrClNO/c1-8(15)14-6-2-3-9-4-5-11(13)10(12)7-9/h4-5,7H,6H2,1H3,(H,14,15). The summed E-state index contributed by atoms with van der Waals surface area (Å²) >= 11 is 9.14. The Morgan fingerprint density at radius 2 is 2.33 bits per heavy atom. The molecule has 0 heterocycles. The third kappa shape index (κ3) is 4.37. The number of hydrogen-bond donors (Lipinski definition) is 1. The van der Waals surface area contributed by atoms with Crippen LogP contribution < -0.4 is 5.32 Å². The molecular formula is C11H9BrClNO. The van der Waals surface area contributed by atoms with Gasteiger partial charge in [0, 0.05) is 17.0 Å². The number of carbonyl (C=O) groups is 1. The quantitative estimate of drug-likeness (QED) is 0.790. The van der Waals surface area contributed by atoms with Crippen molar-refractivity contribution >= 4 is 33.4 Å². The Bertz CT molecular complexity index is 434. The molecule has 1 N–H and O–H groups in total. The highest BCUT2D eigenvalue weighted by molar-refractivity contribution is 9.10. The van der Waals surface area contributed by atoms with E-state index in [0.29, 0.717) is 11.6 Å². The normalized spacial score (nSPS) is 9.00. The van der Waals surface area contributed by atoms with E-state index in [-0.39, 0.29) is 5.91 Å². The zero-order chi connectivity index (χ0) is 11.3. The number of amides is 1. The molecule has 1 rings (SSSR count). The highest BCUT2D eigenvalue weighted by atomic mass is 79.9. The second-order valence-electron chi connectivity index (χ2n) is 2.84. The van der Waals surface area contributed by atoms with Crippen molar-refractivity contribution in [3.05, 3.63) is 33.3 Å². The second kappa shape index (κ2) is 5.79. The molecule has 0 fully saturated rings. The van der Waals surface area contributed by atoms with E-state index in [2.05, 4.69) is 33.1 Å². The van der Waals surface area contributed by atoms with Gasteiger partial charge in [-0.05, 0) is 34.1 Å². The lowest BCUT2D eigenvalue weighted by atomic mass is 10.2. The zero-order valence-corrected chi connectivity index (χ0v) is 10.4. The average Bonchev–Trinajstić information content (AvgIpc) is 2.18. The molecule has 4 heteroatoms. The van der Waals surface area contributed by atoms with E-state index in [1.54, 1.807) is 6.07 Å². The van der Waals surface area contributed by atoms with Crippen LogP contribution in [0, 0.1) is 11.8 Å². The minimum atomic E-state index is -0.0819. The first-order chi connectivity index (χ1) is 7.09.